The molecule has 5 nitrogen and oxygen atoms in total. The summed E-state index contributed by atoms with van der Waals surface area (Å²) in [5, 5.41) is 14.3. The summed E-state index contributed by atoms with van der Waals surface area (Å²) in [5.74, 6) is -1.13. The minimum absolute atomic E-state index is 0.0323. The smallest absolute Gasteiger partial charge is 0.335 e. The lowest BCUT2D eigenvalue weighted by molar-refractivity contribution is 0.0697. The highest BCUT2D eigenvalue weighted by Crippen LogP contribution is 2.35. The number of hydrogen-bond acceptors (Lipinski definition) is 2. The summed E-state index contributed by atoms with van der Waals surface area (Å²) >= 11 is 11.8. The largest absolute Gasteiger partial charge is 0.478 e. The summed E-state index contributed by atoms with van der Waals surface area (Å²) in [6.07, 6.45) is 1.86. The Balaban J connectivity index is 2.16. The van der Waals surface area contributed by atoms with E-state index in [1.807, 2.05) is 6.92 Å². The summed E-state index contributed by atoms with van der Waals surface area (Å²) in [6, 6.07) is 2.07. The molecule has 0 unspecified atom stereocenters. The summed E-state index contributed by atoms with van der Waals surface area (Å²) in [5.41, 5.74) is 0.00882. The van der Waals surface area contributed by atoms with Gasteiger partial charge in [0.1, 0.15) is 0 Å². The number of halogens is 2. The fourth-order valence-corrected chi connectivity index (χ4v) is 2.13. The van der Waals surface area contributed by atoms with Crippen molar-refractivity contribution in [1.82, 2.24) is 5.32 Å². The Kier molecular flexibility index (Phi) is 3.60. The molecule has 0 spiro atoms. The van der Waals surface area contributed by atoms with E-state index in [1.165, 1.54) is 12.1 Å². The predicted octanol–water partition coefficient (Wildman–Crippen LogP) is 3.37. The maximum atomic E-state index is 11.7. The summed E-state index contributed by atoms with van der Waals surface area (Å²) in [4.78, 5) is 22.6. The second kappa shape index (κ2) is 4.90. The van der Waals surface area contributed by atoms with E-state index in [-0.39, 0.29) is 26.8 Å². The molecule has 0 aromatic heterocycles. The number of anilines is 1. The van der Waals surface area contributed by atoms with Gasteiger partial charge >= 0.3 is 12.0 Å². The maximum Gasteiger partial charge on any atom is 0.335 e. The number of rotatable bonds is 3. The average Bonchev–Trinajstić information content (AvgIpc) is 3.00. The van der Waals surface area contributed by atoms with Gasteiger partial charge in [-0.2, -0.15) is 0 Å². The van der Waals surface area contributed by atoms with Crippen molar-refractivity contribution in [2.75, 3.05) is 5.32 Å². The third-order valence-corrected chi connectivity index (χ3v) is 3.54. The topological polar surface area (TPSA) is 78.4 Å². The van der Waals surface area contributed by atoms with Crippen LogP contribution in [0.2, 0.25) is 10.0 Å². The lowest BCUT2D eigenvalue weighted by Crippen LogP contribution is -2.37. The fraction of sp³-hybridized carbons (Fsp3) is 0.333. The first-order chi connectivity index (χ1) is 8.81. The zero-order valence-corrected chi connectivity index (χ0v) is 11.6. The Morgan fingerprint density at radius 1 is 1.26 bits per heavy atom. The van der Waals surface area contributed by atoms with E-state index in [1.54, 1.807) is 0 Å². The zero-order chi connectivity index (χ0) is 14.2. The number of carboxylic acid groups (broad SMARTS) is 1. The Morgan fingerprint density at radius 3 is 2.21 bits per heavy atom. The zero-order valence-electron chi connectivity index (χ0n) is 10.1. The number of urea groups is 1. The first-order valence-electron chi connectivity index (χ1n) is 5.62. The van der Waals surface area contributed by atoms with Crippen LogP contribution in [0.5, 0.6) is 0 Å². The van der Waals surface area contributed by atoms with Crippen molar-refractivity contribution in [3.05, 3.63) is 27.7 Å². The van der Waals surface area contributed by atoms with Crippen LogP contribution in [-0.2, 0) is 0 Å². The average molecular weight is 303 g/mol. The molecule has 19 heavy (non-hydrogen) atoms. The van der Waals surface area contributed by atoms with Crippen LogP contribution in [0.15, 0.2) is 12.1 Å². The standard InChI is InChI=1S/C12H12Cl2N2O3/c1-12(2-3-12)16-11(19)15-9-7(13)4-6(10(17)18)5-8(9)14/h4-5H,2-3H2,1H3,(H,17,18)(H2,15,16,19). The van der Waals surface area contributed by atoms with Gasteiger partial charge in [-0.15, -0.1) is 0 Å². The Bertz CT molecular complexity index is 533. The second-order valence-electron chi connectivity index (χ2n) is 4.76. The van der Waals surface area contributed by atoms with Crippen LogP contribution in [0.4, 0.5) is 10.5 Å². The molecule has 0 bridgehead atoms. The van der Waals surface area contributed by atoms with Gasteiger partial charge in [0.25, 0.3) is 0 Å². The molecule has 7 heteroatoms. The van der Waals surface area contributed by atoms with E-state index < -0.39 is 12.0 Å². The van der Waals surface area contributed by atoms with E-state index in [4.69, 9.17) is 28.3 Å². The first-order valence-corrected chi connectivity index (χ1v) is 6.38. The Labute approximate surface area is 119 Å². The van der Waals surface area contributed by atoms with Gasteiger partial charge in [0.15, 0.2) is 0 Å². The third kappa shape index (κ3) is 3.30. The molecule has 1 saturated carbocycles. The molecule has 1 aliphatic carbocycles. The number of carboxylic acids is 1. The van der Waals surface area contributed by atoms with Gasteiger partial charge in [0.2, 0.25) is 0 Å². The van der Waals surface area contributed by atoms with E-state index in [0.717, 1.165) is 12.8 Å². The van der Waals surface area contributed by atoms with Crippen LogP contribution in [0.25, 0.3) is 0 Å². The van der Waals surface area contributed by atoms with Crippen LogP contribution in [0, 0.1) is 0 Å². The first kappa shape index (κ1) is 14.0. The van der Waals surface area contributed by atoms with Gasteiger partial charge in [-0.1, -0.05) is 23.2 Å². The van der Waals surface area contributed by atoms with E-state index in [2.05, 4.69) is 10.6 Å². The molecule has 1 fully saturated rings. The fourth-order valence-electron chi connectivity index (χ4n) is 1.55. The molecule has 1 aliphatic rings. The molecule has 2 rings (SSSR count). The van der Waals surface area contributed by atoms with Gasteiger partial charge in [-0.3, -0.25) is 0 Å². The van der Waals surface area contributed by atoms with Gasteiger partial charge in [0.05, 0.1) is 21.3 Å². The van der Waals surface area contributed by atoms with E-state index >= 15 is 0 Å². The molecule has 3 N–H and O–H groups in total. The molecule has 0 aliphatic heterocycles. The number of carbonyl (C=O) groups is 2. The Morgan fingerprint density at radius 2 is 1.79 bits per heavy atom. The van der Waals surface area contributed by atoms with E-state index in [0.29, 0.717) is 0 Å². The minimum atomic E-state index is -1.13. The van der Waals surface area contributed by atoms with Crippen molar-refractivity contribution in [1.29, 1.82) is 0 Å². The number of amides is 2. The molecule has 1 aromatic rings. The molecule has 0 heterocycles. The highest BCUT2D eigenvalue weighted by molar-refractivity contribution is 6.40. The molecular weight excluding hydrogens is 291 g/mol. The molecular formula is C12H12Cl2N2O3. The normalized spacial score (nSPS) is 15.7. The highest BCUT2D eigenvalue weighted by atomic mass is 35.5. The van der Waals surface area contributed by atoms with Crippen LogP contribution in [-0.4, -0.2) is 22.6 Å². The number of aromatic carboxylic acids is 1. The number of benzene rings is 1. The summed E-state index contributed by atoms with van der Waals surface area (Å²) in [7, 11) is 0. The van der Waals surface area contributed by atoms with Gasteiger partial charge in [-0.05, 0) is 31.9 Å². The molecule has 1 aromatic carbocycles. The van der Waals surface area contributed by atoms with Crippen LogP contribution >= 0.6 is 23.2 Å². The Hall–Kier alpha value is -1.46. The molecule has 0 radical (unpaired) electrons. The van der Waals surface area contributed by atoms with Crippen molar-refractivity contribution in [2.45, 2.75) is 25.3 Å². The lowest BCUT2D eigenvalue weighted by Gasteiger charge is -2.14. The monoisotopic (exact) mass is 302 g/mol. The lowest BCUT2D eigenvalue weighted by atomic mass is 10.2. The summed E-state index contributed by atoms with van der Waals surface area (Å²) in [6.45, 7) is 1.93. The van der Waals surface area contributed by atoms with Crippen LogP contribution < -0.4 is 10.6 Å². The maximum absolute atomic E-state index is 11.7. The molecule has 0 saturated heterocycles. The van der Waals surface area contributed by atoms with Gasteiger partial charge < -0.3 is 15.7 Å². The minimum Gasteiger partial charge on any atom is -0.478 e. The van der Waals surface area contributed by atoms with Crippen molar-refractivity contribution < 1.29 is 14.7 Å². The quantitative estimate of drug-likeness (QED) is 0.801. The molecule has 102 valence electrons. The SMILES string of the molecule is CC1(NC(=O)Nc2c(Cl)cc(C(=O)O)cc2Cl)CC1. The number of hydrogen-bond donors (Lipinski definition) is 3. The van der Waals surface area contributed by atoms with Crippen molar-refractivity contribution >= 4 is 40.9 Å². The highest BCUT2D eigenvalue weighted by Gasteiger charge is 2.38. The number of carbonyl (C=O) groups excluding carboxylic acids is 1. The van der Waals surface area contributed by atoms with Gasteiger partial charge in [0, 0.05) is 5.54 Å². The van der Waals surface area contributed by atoms with Crippen molar-refractivity contribution in [2.24, 2.45) is 0 Å². The second-order valence-corrected chi connectivity index (χ2v) is 5.57. The molecule has 2 amide bonds. The molecule has 0 atom stereocenters. The number of nitrogens with one attached hydrogen (secondary N) is 2. The summed E-state index contributed by atoms with van der Waals surface area (Å²) < 4.78 is 0. The van der Waals surface area contributed by atoms with Crippen molar-refractivity contribution in [3.63, 3.8) is 0 Å². The van der Waals surface area contributed by atoms with Gasteiger partial charge in [-0.25, -0.2) is 9.59 Å². The predicted molar refractivity (Wildman–Crippen MR) is 73.2 cm³/mol. The van der Waals surface area contributed by atoms with Crippen LogP contribution in [0.1, 0.15) is 30.1 Å². The van der Waals surface area contributed by atoms with Crippen LogP contribution in [0.3, 0.4) is 0 Å². The third-order valence-electron chi connectivity index (χ3n) is 2.94. The van der Waals surface area contributed by atoms with E-state index in [9.17, 15) is 9.59 Å². The van der Waals surface area contributed by atoms with Crippen molar-refractivity contribution in [3.8, 4) is 0 Å².